The van der Waals surface area contributed by atoms with E-state index in [1.54, 1.807) is 24.3 Å². The molecule has 110 valence electrons. The highest BCUT2D eigenvalue weighted by Crippen LogP contribution is 2.09. The molecule has 0 bridgehead atoms. The van der Waals surface area contributed by atoms with Crippen molar-refractivity contribution in [2.24, 2.45) is 5.73 Å². The van der Waals surface area contributed by atoms with E-state index in [0.717, 1.165) is 16.3 Å². The topological polar surface area (TPSA) is 97.1 Å². The number of carbonyl (C=O) groups excluding carboxylic acids is 2. The Labute approximate surface area is 126 Å². The molecule has 7 heteroatoms. The normalized spacial score (nSPS) is 10.1. The number of aromatic nitrogens is 1. The van der Waals surface area contributed by atoms with Crippen molar-refractivity contribution in [3.8, 4) is 0 Å². The van der Waals surface area contributed by atoms with Crippen molar-refractivity contribution in [2.75, 3.05) is 0 Å². The van der Waals surface area contributed by atoms with Gasteiger partial charge >= 0.3 is 6.03 Å². The van der Waals surface area contributed by atoms with E-state index < -0.39 is 6.03 Å². The van der Waals surface area contributed by atoms with Crippen LogP contribution in [0.2, 0.25) is 0 Å². The van der Waals surface area contributed by atoms with Gasteiger partial charge in [0.2, 0.25) is 0 Å². The Morgan fingerprint density at radius 1 is 1.19 bits per heavy atom. The maximum absolute atomic E-state index is 12.0. The van der Waals surface area contributed by atoms with Gasteiger partial charge in [0.1, 0.15) is 5.01 Å². The van der Waals surface area contributed by atoms with Gasteiger partial charge in [-0.25, -0.2) is 9.78 Å². The van der Waals surface area contributed by atoms with E-state index in [9.17, 15) is 9.59 Å². The molecule has 0 saturated carbocycles. The minimum absolute atomic E-state index is 0.155. The van der Waals surface area contributed by atoms with Gasteiger partial charge < -0.3 is 16.4 Å². The van der Waals surface area contributed by atoms with Crippen molar-refractivity contribution in [2.45, 2.75) is 20.0 Å². The zero-order valence-electron chi connectivity index (χ0n) is 11.6. The standard InChI is InChI=1S/C14H16N4O2S/c1-9-8-21-12(18-9)7-16-13(19)11-4-2-10(3-5-11)6-17-14(15)20/h2-5,8H,6-7H2,1H3,(H,16,19)(H3,15,17,20). The molecule has 0 aliphatic heterocycles. The third-order valence-electron chi connectivity index (χ3n) is 2.75. The number of rotatable bonds is 5. The second kappa shape index (κ2) is 6.85. The van der Waals surface area contributed by atoms with Crippen LogP contribution in [-0.2, 0) is 13.1 Å². The van der Waals surface area contributed by atoms with E-state index in [0.29, 0.717) is 18.7 Å². The summed E-state index contributed by atoms with van der Waals surface area (Å²) >= 11 is 1.52. The zero-order valence-corrected chi connectivity index (χ0v) is 12.4. The molecular weight excluding hydrogens is 288 g/mol. The van der Waals surface area contributed by atoms with Crippen LogP contribution < -0.4 is 16.4 Å². The third-order valence-corrected chi connectivity index (χ3v) is 3.72. The van der Waals surface area contributed by atoms with Crippen LogP contribution in [-0.4, -0.2) is 16.9 Å². The SMILES string of the molecule is Cc1csc(CNC(=O)c2ccc(CNC(N)=O)cc2)n1. The van der Waals surface area contributed by atoms with Gasteiger partial charge in [-0.15, -0.1) is 11.3 Å². The number of primary amides is 1. The average molecular weight is 304 g/mol. The Hall–Kier alpha value is -2.41. The van der Waals surface area contributed by atoms with Crippen LogP contribution in [0.4, 0.5) is 4.79 Å². The number of carbonyl (C=O) groups is 2. The van der Waals surface area contributed by atoms with Gasteiger partial charge in [-0.05, 0) is 24.6 Å². The molecule has 0 atom stereocenters. The molecule has 0 unspecified atom stereocenters. The predicted molar refractivity (Wildman–Crippen MR) is 80.9 cm³/mol. The molecule has 0 radical (unpaired) electrons. The summed E-state index contributed by atoms with van der Waals surface area (Å²) in [5.74, 6) is -0.155. The van der Waals surface area contributed by atoms with Crippen molar-refractivity contribution in [3.63, 3.8) is 0 Å². The van der Waals surface area contributed by atoms with Crippen LogP contribution in [0, 0.1) is 6.92 Å². The lowest BCUT2D eigenvalue weighted by Gasteiger charge is -2.05. The van der Waals surface area contributed by atoms with E-state index >= 15 is 0 Å². The average Bonchev–Trinajstić information content (AvgIpc) is 2.89. The lowest BCUT2D eigenvalue weighted by Crippen LogP contribution is -2.28. The molecule has 2 rings (SSSR count). The van der Waals surface area contributed by atoms with Crippen LogP contribution in [0.25, 0.3) is 0 Å². The molecule has 1 heterocycles. The number of nitrogens with zero attached hydrogens (tertiary/aromatic N) is 1. The van der Waals surface area contributed by atoms with Crippen molar-refractivity contribution in [1.82, 2.24) is 15.6 Å². The molecule has 0 saturated heterocycles. The molecule has 3 amide bonds. The van der Waals surface area contributed by atoms with Crippen LogP contribution in [0.3, 0.4) is 0 Å². The van der Waals surface area contributed by atoms with Crippen molar-refractivity contribution < 1.29 is 9.59 Å². The zero-order chi connectivity index (χ0) is 15.2. The summed E-state index contributed by atoms with van der Waals surface area (Å²) < 4.78 is 0. The molecule has 4 N–H and O–H groups in total. The van der Waals surface area contributed by atoms with E-state index in [-0.39, 0.29) is 5.91 Å². The van der Waals surface area contributed by atoms with Crippen LogP contribution >= 0.6 is 11.3 Å². The number of nitrogens with one attached hydrogen (secondary N) is 2. The number of benzene rings is 1. The van der Waals surface area contributed by atoms with Crippen molar-refractivity contribution in [3.05, 3.63) is 51.5 Å². The first-order chi connectivity index (χ1) is 10.0. The second-order valence-corrected chi connectivity index (χ2v) is 5.42. The lowest BCUT2D eigenvalue weighted by atomic mass is 10.1. The highest BCUT2D eigenvalue weighted by Gasteiger charge is 2.06. The summed E-state index contributed by atoms with van der Waals surface area (Å²) in [5.41, 5.74) is 7.39. The molecule has 0 aliphatic carbocycles. The quantitative estimate of drug-likeness (QED) is 0.781. The molecule has 0 fully saturated rings. The van der Waals surface area contributed by atoms with Crippen molar-refractivity contribution in [1.29, 1.82) is 0 Å². The third kappa shape index (κ3) is 4.57. The maximum Gasteiger partial charge on any atom is 0.312 e. The Bertz CT molecular complexity index is 637. The maximum atomic E-state index is 12.0. The number of hydrogen-bond acceptors (Lipinski definition) is 4. The van der Waals surface area contributed by atoms with E-state index in [4.69, 9.17) is 5.73 Å². The van der Waals surface area contributed by atoms with E-state index in [2.05, 4.69) is 15.6 Å². The molecular formula is C14H16N4O2S. The minimum Gasteiger partial charge on any atom is -0.352 e. The number of amides is 3. The number of thiazole rings is 1. The Balaban J connectivity index is 1.88. The molecule has 1 aromatic heterocycles. The van der Waals surface area contributed by atoms with Gasteiger partial charge in [0.15, 0.2) is 0 Å². The fraction of sp³-hybridized carbons (Fsp3) is 0.214. The smallest absolute Gasteiger partial charge is 0.312 e. The van der Waals surface area contributed by atoms with Gasteiger partial charge in [-0.3, -0.25) is 4.79 Å². The first-order valence-corrected chi connectivity index (χ1v) is 7.24. The summed E-state index contributed by atoms with van der Waals surface area (Å²) in [6.45, 7) is 2.68. The first kappa shape index (κ1) is 15.0. The summed E-state index contributed by atoms with van der Waals surface area (Å²) in [7, 11) is 0. The molecule has 0 aliphatic rings. The van der Waals surface area contributed by atoms with Crippen molar-refractivity contribution >= 4 is 23.3 Å². The first-order valence-electron chi connectivity index (χ1n) is 6.36. The number of hydrogen-bond donors (Lipinski definition) is 3. The van der Waals surface area contributed by atoms with Crippen LogP contribution in [0.5, 0.6) is 0 Å². The molecule has 2 aromatic rings. The molecule has 1 aromatic carbocycles. The lowest BCUT2D eigenvalue weighted by molar-refractivity contribution is 0.0951. The summed E-state index contributed by atoms with van der Waals surface area (Å²) in [6, 6.07) is 6.40. The van der Waals surface area contributed by atoms with Gasteiger partial charge in [-0.2, -0.15) is 0 Å². The minimum atomic E-state index is -0.574. The number of urea groups is 1. The molecule has 0 spiro atoms. The Morgan fingerprint density at radius 2 is 1.90 bits per heavy atom. The fourth-order valence-electron chi connectivity index (χ4n) is 1.70. The Morgan fingerprint density at radius 3 is 2.48 bits per heavy atom. The van der Waals surface area contributed by atoms with E-state index in [1.165, 1.54) is 11.3 Å². The van der Waals surface area contributed by atoms with Gasteiger partial charge in [0, 0.05) is 23.2 Å². The van der Waals surface area contributed by atoms with Gasteiger partial charge in [0.25, 0.3) is 5.91 Å². The van der Waals surface area contributed by atoms with Gasteiger partial charge in [0.05, 0.1) is 6.54 Å². The fourth-order valence-corrected chi connectivity index (χ4v) is 2.42. The van der Waals surface area contributed by atoms with E-state index in [1.807, 2.05) is 12.3 Å². The summed E-state index contributed by atoms with van der Waals surface area (Å²) in [5, 5.41) is 8.13. The Kier molecular flexibility index (Phi) is 4.89. The van der Waals surface area contributed by atoms with Crippen LogP contribution in [0.1, 0.15) is 26.6 Å². The highest BCUT2D eigenvalue weighted by molar-refractivity contribution is 7.09. The summed E-state index contributed by atoms with van der Waals surface area (Å²) in [4.78, 5) is 26.9. The largest absolute Gasteiger partial charge is 0.352 e. The number of nitrogens with two attached hydrogens (primary N) is 1. The monoisotopic (exact) mass is 304 g/mol. The molecule has 21 heavy (non-hydrogen) atoms. The second-order valence-electron chi connectivity index (χ2n) is 4.48. The highest BCUT2D eigenvalue weighted by atomic mass is 32.1. The number of aryl methyl sites for hydroxylation is 1. The molecule has 6 nitrogen and oxygen atoms in total. The summed E-state index contributed by atoms with van der Waals surface area (Å²) in [6.07, 6.45) is 0. The van der Waals surface area contributed by atoms with Crippen LogP contribution in [0.15, 0.2) is 29.6 Å². The van der Waals surface area contributed by atoms with Gasteiger partial charge in [-0.1, -0.05) is 12.1 Å². The predicted octanol–water partition coefficient (Wildman–Crippen LogP) is 1.55.